The third-order valence-electron chi connectivity index (χ3n) is 4.42. The minimum Gasteiger partial charge on any atom is -0.388 e. The molecule has 0 aromatic carbocycles. The zero-order valence-electron chi connectivity index (χ0n) is 9.00. The first-order valence-electron chi connectivity index (χ1n) is 5.97. The van der Waals surface area contributed by atoms with Crippen LogP contribution in [0.3, 0.4) is 0 Å². The van der Waals surface area contributed by atoms with Crippen molar-refractivity contribution < 1.29 is 0 Å². The lowest BCUT2D eigenvalue weighted by Gasteiger charge is -2.55. The molecule has 78 valence electrons. The van der Waals surface area contributed by atoms with Gasteiger partial charge in [-0.2, -0.15) is 0 Å². The van der Waals surface area contributed by atoms with Crippen LogP contribution in [0.2, 0.25) is 0 Å². The smallest absolute Gasteiger partial charge is 0.0912 e. The maximum absolute atomic E-state index is 5.76. The number of hydrogen-bond donors (Lipinski definition) is 1. The zero-order valence-corrected chi connectivity index (χ0v) is 9.00. The first kappa shape index (κ1) is 8.75. The van der Waals surface area contributed by atoms with Gasteiger partial charge in [-0.3, -0.25) is 4.99 Å². The van der Waals surface area contributed by atoms with E-state index in [1.165, 1.54) is 38.5 Å². The van der Waals surface area contributed by atoms with Gasteiger partial charge in [0.1, 0.15) is 0 Å². The molecule has 4 saturated carbocycles. The Balaban J connectivity index is 1.91. The van der Waals surface area contributed by atoms with E-state index in [0.717, 1.165) is 23.6 Å². The van der Waals surface area contributed by atoms with Crippen molar-refractivity contribution in [1.29, 1.82) is 0 Å². The van der Waals surface area contributed by atoms with E-state index in [1.54, 1.807) is 0 Å². The molecule has 0 amide bonds. The monoisotopic (exact) mass is 192 g/mol. The molecule has 14 heavy (non-hydrogen) atoms. The quantitative estimate of drug-likeness (QED) is 0.502. The second-order valence-corrected chi connectivity index (χ2v) is 5.90. The molecule has 0 aromatic heterocycles. The lowest BCUT2D eigenvalue weighted by molar-refractivity contribution is 0.00161. The Bertz CT molecular complexity index is 241. The van der Waals surface area contributed by atoms with Crippen molar-refractivity contribution in [1.82, 2.24) is 0 Å². The first-order chi connectivity index (χ1) is 6.65. The van der Waals surface area contributed by atoms with Crippen LogP contribution in [0.25, 0.3) is 0 Å². The molecule has 0 atom stereocenters. The summed E-state index contributed by atoms with van der Waals surface area (Å²) in [5.74, 6) is 3.73. The number of nitrogens with two attached hydrogens (primary N) is 1. The Morgan fingerprint density at radius 3 is 1.86 bits per heavy atom. The molecule has 0 spiro atoms. The fraction of sp³-hybridized carbons (Fsp3) is 0.917. The predicted molar refractivity (Wildman–Crippen MR) is 58.2 cm³/mol. The van der Waals surface area contributed by atoms with Gasteiger partial charge in [0.05, 0.1) is 11.4 Å². The molecule has 0 saturated heterocycles. The largest absolute Gasteiger partial charge is 0.388 e. The molecule has 4 fully saturated rings. The Morgan fingerprint density at radius 1 is 1.07 bits per heavy atom. The van der Waals surface area contributed by atoms with Crippen LogP contribution in [0.4, 0.5) is 0 Å². The molecule has 2 N–H and O–H groups in total. The van der Waals surface area contributed by atoms with Crippen molar-refractivity contribution in [3.8, 4) is 0 Å². The van der Waals surface area contributed by atoms with Crippen molar-refractivity contribution >= 4 is 5.84 Å². The van der Waals surface area contributed by atoms with Gasteiger partial charge < -0.3 is 5.73 Å². The van der Waals surface area contributed by atoms with E-state index in [0.29, 0.717) is 0 Å². The molecule has 0 heterocycles. The van der Waals surface area contributed by atoms with Crippen molar-refractivity contribution in [2.75, 3.05) is 0 Å². The van der Waals surface area contributed by atoms with Gasteiger partial charge in [0, 0.05) is 0 Å². The van der Waals surface area contributed by atoms with E-state index in [1.807, 2.05) is 6.92 Å². The molecule has 4 aliphatic carbocycles. The maximum Gasteiger partial charge on any atom is 0.0912 e. The van der Waals surface area contributed by atoms with Crippen molar-refractivity contribution in [3.63, 3.8) is 0 Å². The summed E-state index contributed by atoms with van der Waals surface area (Å²) in [6, 6.07) is 0. The van der Waals surface area contributed by atoms with E-state index in [2.05, 4.69) is 0 Å². The fourth-order valence-corrected chi connectivity index (χ4v) is 4.58. The molecule has 2 nitrogen and oxygen atoms in total. The van der Waals surface area contributed by atoms with E-state index < -0.39 is 0 Å². The second-order valence-electron chi connectivity index (χ2n) is 5.90. The van der Waals surface area contributed by atoms with Gasteiger partial charge in [0.15, 0.2) is 0 Å². The number of rotatable bonds is 1. The Labute approximate surface area is 86.0 Å². The topological polar surface area (TPSA) is 38.4 Å². The van der Waals surface area contributed by atoms with Gasteiger partial charge in [-0.25, -0.2) is 0 Å². The average molecular weight is 192 g/mol. The van der Waals surface area contributed by atoms with Gasteiger partial charge in [-0.1, -0.05) is 0 Å². The Hall–Kier alpha value is -0.530. The fourth-order valence-electron chi connectivity index (χ4n) is 4.58. The van der Waals surface area contributed by atoms with Crippen LogP contribution < -0.4 is 5.73 Å². The third kappa shape index (κ3) is 1.27. The molecule has 0 radical (unpaired) electrons. The summed E-state index contributed by atoms with van der Waals surface area (Å²) < 4.78 is 0. The Morgan fingerprint density at radius 2 is 1.50 bits per heavy atom. The van der Waals surface area contributed by atoms with Gasteiger partial charge in [0.2, 0.25) is 0 Å². The molecular weight excluding hydrogens is 172 g/mol. The van der Waals surface area contributed by atoms with Crippen molar-refractivity contribution in [2.24, 2.45) is 28.5 Å². The van der Waals surface area contributed by atoms with Gasteiger partial charge in [-0.05, 0) is 63.2 Å². The molecule has 4 rings (SSSR count). The highest BCUT2D eigenvalue weighted by Gasteiger charge is 2.50. The lowest BCUT2D eigenvalue weighted by Crippen LogP contribution is -2.50. The summed E-state index contributed by atoms with van der Waals surface area (Å²) >= 11 is 0. The first-order valence-corrected chi connectivity index (χ1v) is 5.97. The van der Waals surface area contributed by atoms with Crippen LogP contribution in [0.15, 0.2) is 4.99 Å². The predicted octanol–water partition coefficient (Wildman–Crippen LogP) is 2.33. The van der Waals surface area contributed by atoms with Crippen LogP contribution in [-0.2, 0) is 0 Å². The molecule has 0 aromatic rings. The molecule has 4 bridgehead atoms. The standard InChI is InChI=1S/C12H20N2/c1-8(13)14-12-5-9-2-10(6-12)4-11(3-9)7-12/h9-11H,2-7H2,1H3,(H2,13,14). The minimum atomic E-state index is 0.285. The van der Waals surface area contributed by atoms with Crippen LogP contribution in [0.5, 0.6) is 0 Å². The van der Waals surface area contributed by atoms with E-state index >= 15 is 0 Å². The minimum absolute atomic E-state index is 0.285. The van der Waals surface area contributed by atoms with Crippen molar-refractivity contribution in [2.45, 2.75) is 51.0 Å². The average Bonchev–Trinajstić information content (AvgIpc) is 1.96. The van der Waals surface area contributed by atoms with Crippen LogP contribution in [-0.4, -0.2) is 11.4 Å². The second kappa shape index (κ2) is 2.74. The SMILES string of the molecule is CC(N)=NC12CC3CC(CC(C3)C1)C2. The van der Waals surface area contributed by atoms with Crippen LogP contribution in [0, 0.1) is 17.8 Å². The molecule has 0 unspecified atom stereocenters. The molecule has 0 aliphatic heterocycles. The number of hydrogen-bond acceptors (Lipinski definition) is 1. The number of nitrogens with zero attached hydrogens (tertiary/aromatic N) is 1. The summed E-state index contributed by atoms with van der Waals surface area (Å²) in [6.45, 7) is 1.94. The molecular formula is C12H20N2. The Kier molecular flexibility index (Phi) is 1.71. The summed E-state index contributed by atoms with van der Waals surface area (Å²) in [4.78, 5) is 4.76. The van der Waals surface area contributed by atoms with E-state index in [-0.39, 0.29) is 5.54 Å². The third-order valence-corrected chi connectivity index (χ3v) is 4.42. The highest BCUT2D eigenvalue weighted by molar-refractivity contribution is 5.78. The highest BCUT2D eigenvalue weighted by atomic mass is 15.0. The molecule has 2 heteroatoms. The number of amidine groups is 1. The van der Waals surface area contributed by atoms with Crippen LogP contribution >= 0.6 is 0 Å². The molecule has 4 aliphatic rings. The lowest BCUT2D eigenvalue weighted by atomic mass is 9.53. The van der Waals surface area contributed by atoms with E-state index in [9.17, 15) is 0 Å². The van der Waals surface area contributed by atoms with Gasteiger partial charge in [-0.15, -0.1) is 0 Å². The summed E-state index contributed by atoms with van der Waals surface area (Å²) in [5, 5.41) is 0. The normalized spacial score (nSPS) is 51.2. The van der Waals surface area contributed by atoms with Crippen LogP contribution in [0.1, 0.15) is 45.4 Å². The van der Waals surface area contributed by atoms with Crippen molar-refractivity contribution in [3.05, 3.63) is 0 Å². The summed E-state index contributed by atoms with van der Waals surface area (Å²) in [7, 11) is 0. The zero-order chi connectivity index (χ0) is 9.76. The highest BCUT2D eigenvalue weighted by Crippen LogP contribution is 2.57. The summed E-state index contributed by atoms with van der Waals surface area (Å²) in [5.41, 5.74) is 6.05. The van der Waals surface area contributed by atoms with E-state index in [4.69, 9.17) is 10.7 Å². The summed E-state index contributed by atoms with van der Waals surface area (Å²) in [6.07, 6.45) is 8.43. The number of aliphatic imine (C=N–C) groups is 1. The van der Waals surface area contributed by atoms with Gasteiger partial charge >= 0.3 is 0 Å². The van der Waals surface area contributed by atoms with Gasteiger partial charge in [0.25, 0.3) is 0 Å². The maximum atomic E-state index is 5.76.